The van der Waals surface area contributed by atoms with Crippen LogP contribution in [-0.4, -0.2) is 26.9 Å². The number of carbonyl (C=O) groups is 2. The van der Waals surface area contributed by atoms with Crippen molar-refractivity contribution in [3.63, 3.8) is 0 Å². The van der Waals surface area contributed by atoms with Crippen LogP contribution in [0.1, 0.15) is 17.3 Å². The van der Waals surface area contributed by atoms with Gasteiger partial charge in [-0.15, -0.1) is 0 Å². The highest BCUT2D eigenvalue weighted by molar-refractivity contribution is 5.98. The topological polar surface area (TPSA) is 150 Å². The maximum atomic E-state index is 10.9. The van der Waals surface area contributed by atoms with Gasteiger partial charge in [0.25, 0.3) is 5.69 Å². The SMILES string of the molecule is CC(=O)Oc1ccc([N+](=O)[O-])c(C(=O)O)c1[N+](=O)[O-]. The van der Waals surface area contributed by atoms with Gasteiger partial charge >= 0.3 is 17.6 Å². The van der Waals surface area contributed by atoms with Gasteiger partial charge in [-0.3, -0.25) is 25.0 Å². The Bertz CT molecular complexity index is 594. The van der Waals surface area contributed by atoms with Gasteiger partial charge in [-0.1, -0.05) is 0 Å². The lowest BCUT2D eigenvalue weighted by Gasteiger charge is -2.05. The van der Waals surface area contributed by atoms with E-state index in [1.807, 2.05) is 0 Å². The molecule has 10 nitrogen and oxygen atoms in total. The number of benzene rings is 1. The molecule has 1 aromatic rings. The van der Waals surface area contributed by atoms with Crippen LogP contribution in [0.3, 0.4) is 0 Å². The molecule has 0 saturated heterocycles. The zero-order valence-electron chi connectivity index (χ0n) is 9.35. The minimum Gasteiger partial charge on any atom is -0.477 e. The zero-order chi connectivity index (χ0) is 14.7. The largest absolute Gasteiger partial charge is 0.477 e. The second-order valence-corrected chi connectivity index (χ2v) is 3.22. The number of ether oxygens (including phenoxy) is 1. The predicted octanol–water partition coefficient (Wildman–Crippen LogP) is 1.13. The molecule has 19 heavy (non-hydrogen) atoms. The summed E-state index contributed by atoms with van der Waals surface area (Å²) in [6.45, 7) is 0.950. The lowest BCUT2D eigenvalue weighted by Crippen LogP contribution is -2.11. The van der Waals surface area contributed by atoms with E-state index in [0.717, 1.165) is 13.0 Å². The average molecular weight is 270 g/mol. The number of rotatable bonds is 4. The summed E-state index contributed by atoms with van der Waals surface area (Å²) in [5.41, 5.74) is -3.25. The molecule has 0 heterocycles. The molecule has 0 aliphatic rings. The summed E-state index contributed by atoms with van der Waals surface area (Å²) in [6, 6.07) is 1.51. The summed E-state index contributed by atoms with van der Waals surface area (Å²) in [7, 11) is 0. The van der Waals surface area contributed by atoms with E-state index in [1.165, 1.54) is 0 Å². The molecular formula is C9H6N2O8. The first-order valence-electron chi connectivity index (χ1n) is 4.63. The molecule has 0 amide bonds. The summed E-state index contributed by atoms with van der Waals surface area (Å²) in [4.78, 5) is 40.9. The van der Waals surface area contributed by atoms with Crippen LogP contribution in [0.25, 0.3) is 0 Å². The van der Waals surface area contributed by atoms with Gasteiger partial charge in [0.2, 0.25) is 11.3 Å². The Morgan fingerprint density at radius 1 is 1.21 bits per heavy atom. The van der Waals surface area contributed by atoms with Gasteiger partial charge in [-0.2, -0.15) is 0 Å². The number of esters is 1. The van der Waals surface area contributed by atoms with Gasteiger partial charge in [-0.25, -0.2) is 4.79 Å². The number of carboxylic acid groups (broad SMARTS) is 1. The third-order valence-electron chi connectivity index (χ3n) is 1.97. The number of hydrogen-bond acceptors (Lipinski definition) is 7. The lowest BCUT2D eigenvalue weighted by atomic mass is 10.1. The average Bonchev–Trinajstić information content (AvgIpc) is 2.26. The van der Waals surface area contributed by atoms with Crippen molar-refractivity contribution in [1.29, 1.82) is 0 Å². The third-order valence-corrected chi connectivity index (χ3v) is 1.97. The number of aromatic carboxylic acids is 1. The summed E-state index contributed by atoms with van der Waals surface area (Å²) < 4.78 is 4.47. The van der Waals surface area contributed by atoms with Crippen molar-refractivity contribution in [2.24, 2.45) is 0 Å². The van der Waals surface area contributed by atoms with E-state index in [0.29, 0.717) is 6.07 Å². The Labute approximate surface area is 104 Å². The normalized spacial score (nSPS) is 9.74. The van der Waals surface area contributed by atoms with Crippen molar-refractivity contribution in [2.75, 3.05) is 0 Å². The number of carboxylic acids is 1. The summed E-state index contributed by atoms with van der Waals surface area (Å²) in [5, 5.41) is 30.3. The molecule has 1 aromatic carbocycles. The molecular weight excluding hydrogens is 264 g/mol. The van der Waals surface area contributed by atoms with Crippen molar-refractivity contribution in [2.45, 2.75) is 6.92 Å². The van der Waals surface area contributed by atoms with E-state index in [9.17, 15) is 29.8 Å². The van der Waals surface area contributed by atoms with E-state index >= 15 is 0 Å². The number of hydrogen-bond donors (Lipinski definition) is 1. The summed E-state index contributed by atoms with van der Waals surface area (Å²) in [5.74, 6) is -3.46. The van der Waals surface area contributed by atoms with Gasteiger partial charge < -0.3 is 9.84 Å². The van der Waals surface area contributed by atoms with Gasteiger partial charge in [0, 0.05) is 13.0 Å². The molecule has 0 bridgehead atoms. The summed E-state index contributed by atoms with van der Waals surface area (Å²) >= 11 is 0. The smallest absolute Gasteiger partial charge is 0.350 e. The van der Waals surface area contributed by atoms with Gasteiger partial charge in [-0.05, 0) is 6.07 Å². The highest BCUT2D eigenvalue weighted by Crippen LogP contribution is 2.37. The first kappa shape index (κ1) is 14.0. The van der Waals surface area contributed by atoms with Crippen molar-refractivity contribution in [3.05, 3.63) is 37.9 Å². The van der Waals surface area contributed by atoms with E-state index < -0.39 is 44.5 Å². The van der Waals surface area contributed by atoms with E-state index in [4.69, 9.17) is 5.11 Å². The first-order valence-corrected chi connectivity index (χ1v) is 4.63. The van der Waals surface area contributed by atoms with Crippen LogP contribution in [0.4, 0.5) is 11.4 Å². The molecule has 10 heteroatoms. The molecule has 1 N–H and O–H groups in total. The Balaban J connectivity index is 3.68. The fourth-order valence-electron chi connectivity index (χ4n) is 1.34. The van der Waals surface area contributed by atoms with Crippen LogP contribution in [-0.2, 0) is 4.79 Å². The van der Waals surface area contributed by atoms with Crippen LogP contribution >= 0.6 is 0 Å². The molecule has 0 atom stereocenters. The van der Waals surface area contributed by atoms with E-state index in [1.54, 1.807) is 0 Å². The standard InChI is InChI=1S/C9H6N2O8/c1-4(12)19-6-3-2-5(10(15)16)7(9(13)14)8(6)11(17)18/h2-3H,1H3,(H,13,14). The number of nitrogens with zero attached hydrogens (tertiary/aromatic N) is 2. The van der Waals surface area contributed by atoms with Crippen LogP contribution in [0.5, 0.6) is 5.75 Å². The number of nitro groups is 2. The van der Waals surface area contributed by atoms with E-state index in [-0.39, 0.29) is 0 Å². The van der Waals surface area contributed by atoms with Crippen LogP contribution in [0.15, 0.2) is 12.1 Å². The highest BCUT2D eigenvalue weighted by atomic mass is 16.6. The van der Waals surface area contributed by atoms with Crippen LogP contribution in [0, 0.1) is 20.2 Å². The quantitative estimate of drug-likeness (QED) is 0.370. The maximum Gasteiger partial charge on any atom is 0.350 e. The van der Waals surface area contributed by atoms with Crippen molar-refractivity contribution >= 4 is 23.3 Å². The highest BCUT2D eigenvalue weighted by Gasteiger charge is 2.35. The number of carbonyl (C=O) groups excluding carboxylic acids is 1. The molecule has 0 aromatic heterocycles. The van der Waals surface area contributed by atoms with Crippen LogP contribution in [0.2, 0.25) is 0 Å². The van der Waals surface area contributed by atoms with Crippen molar-refractivity contribution < 1.29 is 29.3 Å². The Morgan fingerprint density at radius 2 is 1.79 bits per heavy atom. The Morgan fingerprint density at radius 3 is 2.16 bits per heavy atom. The molecule has 100 valence electrons. The van der Waals surface area contributed by atoms with Crippen molar-refractivity contribution in [1.82, 2.24) is 0 Å². The molecule has 0 saturated carbocycles. The predicted molar refractivity (Wildman–Crippen MR) is 58.0 cm³/mol. The number of nitro benzene ring substituents is 2. The first-order chi connectivity index (χ1) is 8.75. The zero-order valence-corrected chi connectivity index (χ0v) is 9.35. The minimum absolute atomic E-state index is 0.666. The molecule has 1 rings (SSSR count). The fraction of sp³-hybridized carbons (Fsp3) is 0.111. The van der Waals surface area contributed by atoms with Gasteiger partial charge in [0.1, 0.15) is 0 Å². The molecule has 0 aliphatic carbocycles. The lowest BCUT2D eigenvalue weighted by molar-refractivity contribution is -0.395. The third kappa shape index (κ3) is 2.80. The molecule has 0 fully saturated rings. The molecule has 0 unspecified atom stereocenters. The second-order valence-electron chi connectivity index (χ2n) is 3.22. The maximum absolute atomic E-state index is 10.9. The molecule has 0 aliphatic heterocycles. The van der Waals surface area contributed by atoms with Crippen LogP contribution < -0.4 is 4.74 Å². The Kier molecular flexibility index (Phi) is 3.75. The van der Waals surface area contributed by atoms with Gasteiger partial charge in [0.05, 0.1) is 9.85 Å². The fourth-order valence-corrected chi connectivity index (χ4v) is 1.34. The monoisotopic (exact) mass is 270 g/mol. The Hall–Kier alpha value is -3.04. The molecule has 0 radical (unpaired) electrons. The minimum atomic E-state index is -1.87. The molecule has 0 spiro atoms. The second kappa shape index (κ2) is 5.08. The van der Waals surface area contributed by atoms with Crippen molar-refractivity contribution in [3.8, 4) is 5.75 Å². The van der Waals surface area contributed by atoms with Gasteiger partial charge in [0.15, 0.2) is 0 Å². The summed E-state index contributed by atoms with van der Waals surface area (Å²) in [6.07, 6.45) is 0. The van der Waals surface area contributed by atoms with E-state index in [2.05, 4.69) is 4.74 Å².